The molecule has 0 radical (unpaired) electrons. The summed E-state index contributed by atoms with van der Waals surface area (Å²) in [6, 6.07) is 5.73. The van der Waals surface area contributed by atoms with Gasteiger partial charge in [0.2, 0.25) is 17.8 Å². The first-order valence-corrected chi connectivity index (χ1v) is 11.1. The van der Waals surface area contributed by atoms with E-state index in [1.807, 2.05) is 18.2 Å². The molecular formula is C22H28ClN7O2. The van der Waals surface area contributed by atoms with Gasteiger partial charge in [0.25, 0.3) is 0 Å². The van der Waals surface area contributed by atoms with E-state index < -0.39 is 5.92 Å². The minimum Gasteiger partial charge on any atom is -0.359 e. The highest BCUT2D eigenvalue weighted by molar-refractivity contribution is 6.32. The van der Waals surface area contributed by atoms with Gasteiger partial charge in [0.1, 0.15) is 5.02 Å². The fourth-order valence-electron chi connectivity index (χ4n) is 4.10. The molecule has 2 amide bonds. The zero-order valence-electron chi connectivity index (χ0n) is 18.6. The van der Waals surface area contributed by atoms with E-state index in [1.54, 1.807) is 25.2 Å². The van der Waals surface area contributed by atoms with E-state index in [9.17, 15) is 9.59 Å². The van der Waals surface area contributed by atoms with Crippen molar-refractivity contribution in [3.63, 3.8) is 0 Å². The Hall–Kier alpha value is -2.91. The standard InChI is InChI=1S/C22H28ClN7O2/c1-24-21(32)15-10-14-11-16(4-5-18(14)29(3)19(31)12-15)26-20-17(23)13-25-22(27-20)30-8-6-28(2)7-9-30/h4-5,11,13,15H,6-10,12H2,1-3H3,(H,24,32)(H,25,26,27). The van der Waals surface area contributed by atoms with Crippen molar-refractivity contribution in [2.24, 2.45) is 5.92 Å². The molecule has 3 heterocycles. The number of hydrogen-bond acceptors (Lipinski definition) is 7. The number of hydrogen-bond donors (Lipinski definition) is 2. The Morgan fingerprint density at radius 2 is 1.91 bits per heavy atom. The van der Waals surface area contributed by atoms with Gasteiger partial charge in [-0.05, 0) is 37.2 Å². The Kier molecular flexibility index (Phi) is 6.48. The molecule has 1 fully saturated rings. The lowest BCUT2D eigenvalue weighted by molar-refractivity contribution is -0.128. The van der Waals surface area contributed by atoms with E-state index in [0.717, 1.165) is 43.1 Å². The molecule has 0 spiro atoms. The Morgan fingerprint density at radius 1 is 1.16 bits per heavy atom. The second-order valence-electron chi connectivity index (χ2n) is 8.30. The van der Waals surface area contributed by atoms with Crippen LogP contribution in [0.5, 0.6) is 0 Å². The van der Waals surface area contributed by atoms with Crippen LogP contribution in [-0.4, -0.2) is 74.0 Å². The normalized spacial score (nSPS) is 19.4. The van der Waals surface area contributed by atoms with Gasteiger partial charge in [0.15, 0.2) is 5.82 Å². The summed E-state index contributed by atoms with van der Waals surface area (Å²) in [5, 5.41) is 6.38. The summed E-state index contributed by atoms with van der Waals surface area (Å²) in [5.74, 6) is 0.557. The van der Waals surface area contributed by atoms with E-state index in [-0.39, 0.29) is 18.2 Å². The molecule has 2 aromatic rings. The highest BCUT2D eigenvalue weighted by atomic mass is 35.5. The summed E-state index contributed by atoms with van der Waals surface area (Å²) in [6.45, 7) is 3.63. The largest absolute Gasteiger partial charge is 0.359 e. The molecule has 4 rings (SSSR count). The van der Waals surface area contributed by atoms with Crippen LogP contribution in [0.15, 0.2) is 24.4 Å². The molecule has 1 aromatic carbocycles. The van der Waals surface area contributed by atoms with Crippen molar-refractivity contribution in [2.75, 3.05) is 62.4 Å². The van der Waals surface area contributed by atoms with Gasteiger partial charge in [-0.1, -0.05) is 11.6 Å². The molecule has 1 atom stereocenters. The average molecular weight is 458 g/mol. The van der Waals surface area contributed by atoms with E-state index in [0.29, 0.717) is 23.2 Å². The minimum atomic E-state index is -0.405. The van der Waals surface area contributed by atoms with Crippen LogP contribution in [0.4, 0.5) is 23.1 Å². The second kappa shape index (κ2) is 9.30. The maximum Gasteiger partial charge on any atom is 0.227 e. The fraction of sp³-hybridized carbons (Fsp3) is 0.455. The van der Waals surface area contributed by atoms with Crippen molar-refractivity contribution < 1.29 is 9.59 Å². The molecule has 1 saturated heterocycles. The summed E-state index contributed by atoms with van der Waals surface area (Å²) in [7, 11) is 5.44. The first-order chi connectivity index (χ1) is 15.4. The van der Waals surface area contributed by atoms with Gasteiger partial charge in [-0.3, -0.25) is 9.59 Å². The minimum absolute atomic E-state index is 0.0753. The number of amides is 2. The number of fused-ring (bicyclic) bond motifs is 1. The number of anilines is 4. The van der Waals surface area contributed by atoms with Crippen LogP contribution in [0, 0.1) is 5.92 Å². The third-order valence-electron chi connectivity index (χ3n) is 6.10. The van der Waals surface area contributed by atoms with E-state index in [2.05, 4.69) is 37.4 Å². The zero-order valence-corrected chi connectivity index (χ0v) is 19.3. The van der Waals surface area contributed by atoms with Crippen LogP contribution in [0.2, 0.25) is 5.02 Å². The second-order valence-corrected chi connectivity index (χ2v) is 8.70. The molecule has 0 bridgehead atoms. The number of halogens is 1. The van der Waals surface area contributed by atoms with Crippen LogP contribution in [0.3, 0.4) is 0 Å². The van der Waals surface area contributed by atoms with Crippen molar-refractivity contribution in [1.29, 1.82) is 0 Å². The van der Waals surface area contributed by atoms with Gasteiger partial charge in [-0.2, -0.15) is 4.98 Å². The number of rotatable bonds is 4. The molecule has 2 aliphatic rings. The summed E-state index contributed by atoms with van der Waals surface area (Å²) < 4.78 is 0. The SMILES string of the molecule is CNC(=O)C1CC(=O)N(C)c2ccc(Nc3nc(N4CCN(C)CC4)ncc3Cl)cc2C1. The Balaban J connectivity index is 1.59. The van der Waals surface area contributed by atoms with E-state index in [4.69, 9.17) is 11.6 Å². The topological polar surface area (TPSA) is 93.7 Å². The number of carbonyl (C=O) groups excluding carboxylic acids is 2. The number of nitrogens with zero attached hydrogens (tertiary/aromatic N) is 5. The van der Waals surface area contributed by atoms with E-state index in [1.165, 1.54) is 0 Å². The average Bonchev–Trinajstić information content (AvgIpc) is 2.91. The molecule has 0 saturated carbocycles. The molecule has 1 unspecified atom stereocenters. The molecule has 1 aromatic heterocycles. The molecule has 2 N–H and O–H groups in total. The zero-order chi connectivity index (χ0) is 22.8. The van der Waals surface area contributed by atoms with Crippen molar-refractivity contribution in [1.82, 2.24) is 20.2 Å². The lowest BCUT2D eigenvalue weighted by Crippen LogP contribution is -2.45. The van der Waals surface area contributed by atoms with Gasteiger partial charge in [0.05, 0.1) is 12.1 Å². The number of aromatic nitrogens is 2. The maximum absolute atomic E-state index is 12.5. The molecular weight excluding hydrogens is 430 g/mol. The third kappa shape index (κ3) is 4.63. The third-order valence-corrected chi connectivity index (χ3v) is 6.38. The number of piperazine rings is 1. The smallest absolute Gasteiger partial charge is 0.227 e. The molecule has 0 aliphatic carbocycles. The Labute approximate surface area is 192 Å². The number of nitrogens with one attached hydrogen (secondary N) is 2. The first-order valence-electron chi connectivity index (χ1n) is 10.7. The van der Waals surface area contributed by atoms with Crippen molar-refractivity contribution in [3.8, 4) is 0 Å². The van der Waals surface area contributed by atoms with Gasteiger partial charge < -0.3 is 25.3 Å². The van der Waals surface area contributed by atoms with Crippen LogP contribution in [-0.2, 0) is 16.0 Å². The highest BCUT2D eigenvalue weighted by Crippen LogP contribution is 2.33. The van der Waals surface area contributed by atoms with Gasteiger partial charge in [-0.25, -0.2) is 4.98 Å². The first kappa shape index (κ1) is 22.3. The summed E-state index contributed by atoms with van der Waals surface area (Å²) in [6.07, 6.45) is 2.27. The van der Waals surface area contributed by atoms with Crippen LogP contribution in [0.1, 0.15) is 12.0 Å². The van der Waals surface area contributed by atoms with Crippen molar-refractivity contribution in [2.45, 2.75) is 12.8 Å². The van der Waals surface area contributed by atoms with Crippen molar-refractivity contribution >= 4 is 46.6 Å². The van der Waals surface area contributed by atoms with Gasteiger partial charge >= 0.3 is 0 Å². The molecule has 32 heavy (non-hydrogen) atoms. The quantitative estimate of drug-likeness (QED) is 0.724. The predicted octanol–water partition coefficient (Wildman–Crippen LogP) is 1.90. The maximum atomic E-state index is 12.5. The lowest BCUT2D eigenvalue weighted by Gasteiger charge is -2.32. The van der Waals surface area contributed by atoms with Crippen LogP contribution < -0.4 is 20.4 Å². The van der Waals surface area contributed by atoms with Crippen molar-refractivity contribution in [3.05, 3.63) is 35.0 Å². The summed E-state index contributed by atoms with van der Waals surface area (Å²) in [4.78, 5) is 39.9. The van der Waals surface area contributed by atoms with Gasteiger partial charge in [0, 0.05) is 58.1 Å². The molecule has 170 valence electrons. The monoisotopic (exact) mass is 457 g/mol. The van der Waals surface area contributed by atoms with Gasteiger partial charge in [-0.15, -0.1) is 0 Å². The van der Waals surface area contributed by atoms with Crippen LogP contribution >= 0.6 is 11.6 Å². The Morgan fingerprint density at radius 3 is 2.62 bits per heavy atom. The lowest BCUT2D eigenvalue weighted by atomic mass is 9.95. The number of carbonyl (C=O) groups is 2. The highest BCUT2D eigenvalue weighted by Gasteiger charge is 2.29. The van der Waals surface area contributed by atoms with Crippen LogP contribution in [0.25, 0.3) is 0 Å². The summed E-state index contributed by atoms with van der Waals surface area (Å²) in [5.41, 5.74) is 2.51. The van der Waals surface area contributed by atoms with E-state index >= 15 is 0 Å². The summed E-state index contributed by atoms with van der Waals surface area (Å²) >= 11 is 6.38. The predicted molar refractivity (Wildman–Crippen MR) is 126 cm³/mol. The molecule has 2 aliphatic heterocycles. The number of benzene rings is 1. The number of likely N-dealkylation sites (N-methyl/N-ethyl adjacent to an activating group) is 1. The molecule has 10 heteroatoms. The Bertz CT molecular complexity index is 1020. The fourth-order valence-corrected chi connectivity index (χ4v) is 4.24. The molecule has 9 nitrogen and oxygen atoms in total.